The van der Waals surface area contributed by atoms with Crippen molar-refractivity contribution in [2.45, 2.75) is 45.6 Å². The number of ketones is 1. The van der Waals surface area contributed by atoms with E-state index in [1.165, 1.54) is 24.1 Å². The SMILES string of the molecule is CCCCN1C(=O)C(=O)/C(=C(/O)c2cc(F)ccc2OC)C1c1ccc(C(C)C)cc1. The Morgan fingerprint density at radius 1 is 1.16 bits per heavy atom. The van der Waals surface area contributed by atoms with Gasteiger partial charge in [-0.1, -0.05) is 51.5 Å². The molecule has 2 aromatic rings. The molecule has 1 heterocycles. The lowest BCUT2D eigenvalue weighted by Gasteiger charge is -2.25. The minimum atomic E-state index is -0.780. The van der Waals surface area contributed by atoms with Crippen LogP contribution < -0.4 is 4.74 Å². The molecule has 0 saturated carbocycles. The maximum Gasteiger partial charge on any atom is 0.295 e. The summed E-state index contributed by atoms with van der Waals surface area (Å²) in [5.74, 6) is -1.92. The molecule has 3 rings (SSSR count). The van der Waals surface area contributed by atoms with Crippen molar-refractivity contribution in [1.82, 2.24) is 4.90 Å². The van der Waals surface area contributed by atoms with E-state index in [1.807, 2.05) is 31.2 Å². The zero-order valence-electron chi connectivity index (χ0n) is 18.3. The van der Waals surface area contributed by atoms with Crippen molar-refractivity contribution < 1.29 is 23.8 Å². The number of ether oxygens (including phenoxy) is 1. The van der Waals surface area contributed by atoms with Gasteiger partial charge in [-0.2, -0.15) is 0 Å². The number of hydrogen-bond donors (Lipinski definition) is 1. The lowest BCUT2D eigenvalue weighted by Crippen LogP contribution is -2.30. The summed E-state index contributed by atoms with van der Waals surface area (Å²) in [5.41, 5.74) is 1.83. The summed E-state index contributed by atoms with van der Waals surface area (Å²) in [6, 6.07) is 10.6. The van der Waals surface area contributed by atoms with E-state index in [-0.39, 0.29) is 16.9 Å². The van der Waals surface area contributed by atoms with Gasteiger partial charge in [0.05, 0.1) is 24.3 Å². The molecule has 2 aromatic carbocycles. The average Bonchev–Trinajstić information content (AvgIpc) is 3.01. The molecule has 1 saturated heterocycles. The second-order valence-electron chi connectivity index (χ2n) is 8.01. The number of nitrogens with zero attached hydrogens (tertiary/aromatic N) is 1. The van der Waals surface area contributed by atoms with Crippen LogP contribution in [-0.2, 0) is 9.59 Å². The maximum atomic E-state index is 13.9. The summed E-state index contributed by atoms with van der Waals surface area (Å²) in [5, 5.41) is 11.1. The fourth-order valence-electron chi connectivity index (χ4n) is 3.86. The molecule has 1 fully saturated rings. The molecule has 6 heteroatoms. The van der Waals surface area contributed by atoms with E-state index in [4.69, 9.17) is 4.74 Å². The zero-order valence-corrected chi connectivity index (χ0v) is 18.3. The number of likely N-dealkylation sites (tertiary alicyclic amines) is 1. The van der Waals surface area contributed by atoms with Crippen molar-refractivity contribution in [1.29, 1.82) is 0 Å². The van der Waals surface area contributed by atoms with Crippen molar-refractivity contribution in [2.24, 2.45) is 0 Å². The molecule has 1 aliphatic heterocycles. The highest BCUT2D eigenvalue weighted by Crippen LogP contribution is 2.41. The summed E-state index contributed by atoms with van der Waals surface area (Å²) in [6.45, 7) is 6.55. The van der Waals surface area contributed by atoms with Crippen molar-refractivity contribution in [3.8, 4) is 5.75 Å². The Bertz CT molecular complexity index is 1010. The molecule has 1 aliphatic rings. The number of hydrogen-bond acceptors (Lipinski definition) is 4. The van der Waals surface area contributed by atoms with Crippen LogP contribution >= 0.6 is 0 Å². The first-order valence-corrected chi connectivity index (χ1v) is 10.5. The highest BCUT2D eigenvalue weighted by molar-refractivity contribution is 6.46. The molecule has 5 nitrogen and oxygen atoms in total. The Morgan fingerprint density at radius 2 is 1.84 bits per heavy atom. The Kier molecular flexibility index (Phi) is 6.78. The smallest absolute Gasteiger partial charge is 0.295 e. The highest BCUT2D eigenvalue weighted by Gasteiger charge is 2.46. The Morgan fingerprint density at radius 3 is 2.42 bits per heavy atom. The Labute approximate surface area is 182 Å². The van der Waals surface area contributed by atoms with Gasteiger partial charge in [0.1, 0.15) is 17.3 Å². The molecule has 164 valence electrons. The number of rotatable bonds is 7. The number of carbonyl (C=O) groups excluding carboxylic acids is 2. The number of Topliss-reactive ketones (excluding diaryl/α,β-unsaturated/α-hetero) is 1. The number of methoxy groups -OCH3 is 1. The fourth-order valence-corrected chi connectivity index (χ4v) is 3.86. The number of unbranched alkanes of at least 4 members (excludes halogenated alkanes) is 1. The van der Waals surface area contributed by atoms with Gasteiger partial charge < -0.3 is 14.7 Å². The van der Waals surface area contributed by atoms with E-state index in [0.717, 1.165) is 30.0 Å². The third kappa shape index (κ3) is 4.33. The van der Waals surface area contributed by atoms with Crippen molar-refractivity contribution in [2.75, 3.05) is 13.7 Å². The molecule has 31 heavy (non-hydrogen) atoms. The molecule has 1 atom stereocenters. The second-order valence-corrected chi connectivity index (χ2v) is 8.01. The monoisotopic (exact) mass is 425 g/mol. The number of benzene rings is 2. The molecule has 0 aliphatic carbocycles. The lowest BCUT2D eigenvalue weighted by atomic mass is 9.93. The largest absolute Gasteiger partial charge is 0.507 e. The van der Waals surface area contributed by atoms with Gasteiger partial charge in [0.15, 0.2) is 0 Å². The van der Waals surface area contributed by atoms with Gasteiger partial charge in [0, 0.05) is 6.54 Å². The second kappa shape index (κ2) is 9.33. The average molecular weight is 426 g/mol. The summed E-state index contributed by atoms with van der Waals surface area (Å²) in [4.78, 5) is 27.4. The summed E-state index contributed by atoms with van der Waals surface area (Å²) >= 11 is 0. The van der Waals surface area contributed by atoms with E-state index in [1.54, 1.807) is 0 Å². The number of aliphatic hydroxyl groups excluding tert-OH is 1. The third-order valence-corrected chi connectivity index (χ3v) is 5.63. The van der Waals surface area contributed by atoms with E-state index >= 15 is 0 Å². The van der Waals surface area contributed by atoms with Crippen LogP contribution in [0.4, 0.5) is 4.39 Å². The van der Waals surface area contributed by atoms with Crippen LogP contribution in [0.15, 0.2) is 48.0 Å². The maximum absolute atomic E-state index is 13.9. The van der Waals surface area contributed by atoms with E-state index in [2.05, 4.69) is 13.8 Å². The van der Waals surface area contributed by atoms with Crippen molar-refractivity contribution in [3.05, 3.63) is 70.5 Å². The van der Waals surface area contributed by atoms with Crippen LogP contribution in [0, 0.1) is 5.82 Å². The molecule has 0 radical (unpaired) electrons. The van der Waals surface area contributed by atoms with Gasteiger partial charge in [0.2, 0.25) is 0 Å². The third-order valence-electron chi connectivity index (χ3n) is 5.63. The van der Waals surface area contributed by atoms with Crippen molar-refractivity contribution in [3.63, 3.8) is 0 Å². The molecular formula is C25H28FNO4. The molecule has 0 aromatic heterocycles. The predicted molar refractivity (Wildman–Crippen MR) is 117 cm³/mol. The number of halogens is 1. The van der Waals surface area contributed by atoms with Crippen LogP contribution in [0.1, 0.15) is 62.3 Å². The molecule has 1 unspecified atom stereocenters. The van der Waals surface area contributed by atoms with Gasteiger partial charge in [-0.05, 0) is 41.7 Å². The normalized spacial score (nSPS) is 18.1. The minimum absolute atomic E-state index is 0.0415. The van der Waals surface area contributed by atoms with E-state index in [9.17, 15) is 19.1 Å². The zero-order chi connectivity index (χ0) is 22.7. The first-order chi connectivity index (χ1) is 14.8. The van der Waals surface area contributed by atoms with Gasteiger partial charge in [0.25, 0.3) is 11.7 Å². The Balaban J connectivity index is 2.20. The molecule has 0 spiro atoms. The summed E-state index contributed by atoms with van der Waals surface area (Å²) < 4.78 is 19.2. The summed E-state index contributed by atoms with van der Waals surface area (Å²) in [7, 11) is 1.39. The van der Waals surface area contributed by atoms with E-state index < -0.39 is 29.3 Å². The van der Waals surface area contributed by atoms with Gasteiger partial charge in [-0.25, -0.2) is 4.39 Å². The van der Waals surface area contributed by atoms with Crippen molar-refractivity contribution >= 4 is 17.4 Å². The van der Waals surface area contributed by atoms with Crippen LogP contribution in [-0.4, -0.2) is 35.4 Å². The molecule has 1 N–H and O–H groups in total. The molecular weight excluding hydrogens is 397 g/mol. The topological polar surface area (TPSA) is 66.8 Å². The van der Waals surface area contributed by atoms with Gasteiger partial charge in [-0.3, -0.25) is 9.59 Å². The quantitative estimate of drug-likeness (QED) is 0.377. The van der Waals surface area contributed by atoms with Gasteiger partial charge in [-0.15, -0.1) is 0 Å². The molecule has 0 bridgehead atoms. The van der Waals surface area contributed by atoms with Gasteiger partial charge >= 0.3 is 0 Å². The standard InChI is InChI=1S/C25H28FNO4/c1-5-6-13-27-22(17-9-7-16(8-10-17)15(2)3)21(24(29)25(27)30)23(28)19-14-18(26)11-12-20(19)31-4/h7-12,14-15,22,28H,5-6,13H2,1-4H3/b23-21+. The highest BCUT2D eigenvalue weighted by atomic mass is 19.1. The van der Waals surface area contributed by atoms with E-state index in [0.29, 0.717) is 12.5 Å². The summed E-state index contributed by atoms with van der Waals surface area (Å²) in [6.07, 6.45) is 1.57. The fraction of sp³-hybridized carbons (Fsp3) is 0.360. The lowest BCUT2D eigenvalue weighted by molar-refractivity contribution is -0.139. The minimum Gasteiger partial charge on any atom is -0.507 e. The number of amides is 1. The number of aliphatic hydroxyl groups is 1. The van der Waals surface area contributed by atoms with Crippen LogP contribution in [0.3, 0.4) is 0 Å². The first-order valence-electron chi connectivity index (χ1n) is 10.5. The predicted octanol–water partition coefficient (Wildman–Crippen LogP) is 5.18. The molecule has 1 amide bonds. The number of carbonyl (C=O) groups is 2. The van der Waals surface area contributed by atoms with Crippen LogP contribution in [0.25, 0.3) is 5.76 Å². The van der Waals surface area contributed by atoms with Crippen LogP contribution in [0.5, 0.6) is 5.75 Å². The Hall–Kier alpha value is -3.15. The first kappa shape index (κ1) is 22.5. The van der Waals surface area contributed by atoms with Crippen LogP contribution in [0.2, 0.25) is 0 Å².